The highest BCUT2D eigenvalue weighted by atomic mass is 79.9. The maximum Gasteiger partial charge on any atom is 0.490 e. The summed E-state index contributed by atoms with van der Waals surface area (Å²) in [5, 5.41) is 17.9. The Morgan fingerprint density at radius 1 is 1.45 bits per heavy atom. The number of carbonyl (C=O) groups excluding carboxylic acids is 1. The second-order valence-electron chi connectivity index (χ2n) is 4.24. The number of nitro groups is 1. The van der Waals surface area contributed by atoms with Gasteiger partial charge < -0.3 is 10.1 Å². The Kier molecular flexibility index (Phi) is 4.94. The highest BCUT2D eigenvalue weighted by Gasteiger charge is 2.14. The van der Waals surface area contributed by atoms with Crippen LogP contribution < -0.4 is 5.43 Å². The molecule has 0 bridgehead atoms. The molecule has 1 N–H and O–H groups in total. The molecule has 114 valence electrons. The van der Waals surface area contributed by atoms with Crippen molar-refractivity contribution in [1.82, 2.24) is 20.2 Å². The molecule has 0 unspecified atom stereocenters. The van der Waals surface area contributed by atoms with E-state index in [4.69, 9.17) is 0 Å². The van der Waals surface area contributed by atoms with Gasteiger partial charge in [0.25, 0.3) is 5.91 Å². The number of amides is 1. The van der Waals surface area contributed by atoms with E-state index in [1.807, 2.05) is 24.3 Å². The van der Waals surface area contributed by atoms with Crippen LogP contribution in [0.3, 0.4) is 0 Å². The first-order valence-corrected chi connectivity index (χ1v) is 6.88. The van der Waals surface area contributed by atoms with Crippen LogP contribution in [0.25, 0.3) is 0 Å². The molecule has 22 heavy (non-hydrogen) atoms. The number of hydrazone groups is 1. The molecule has 9 nitrogen and oxygen atoms in total. The van der Waals surface area contributed by atoms with E-state index >= 15 is 0 Å². The first-order valence-electron chi connectivity index (χ1n) is 6.08. The first-order chi connectivity index (χ1) is 10.5. The maximum absolute atomic E-state index is 11.7. The summed E-state index contributed by atoms with van der Waals surface area (Å²) in [7, 11) is 0. The number of hydrogen-bond donors (Lipinski definition) is 1. The first kappa shape index (κ1) is 15.8. The predicted molar refractivity (Wildman–Crippen MR) is 81.2 cm³/mol. The SMILES string of the molecule is C/C(=N/NC(=O)Cn1cnc([N+](=O)[O-])n1)c1ccc(Br)cc1. The smallest absolute Gasteiger partial charge is 0.390 e. The van der Waals surface area contributed by atoms with Gasteiger partial charge in [0.05, 0.1) is 5.71 Å². The van der Waals surface area contributed by atoms with Crippen molar-refractivity contribution < 1.29 is 9.72 Å². The summed E-state index contributed by atoms with van der Waals surface area (Å²) >= 11 is 3.33. The molecule has 1 amide bonds. The molecular formula is C12H11BrN6O3. The van der Waals surface area contributed by atoms with Gasteiger partial charge in [-0.05, 0) is 29.5 Å². The van der Waals surface area contributed by atoms with Gasteiger partial charge in [-0.25, -0.2) is 5.43 Å². The largest absolute Gasteiger partial charge is 0.490 e. The third-order valence-corrected chi connectivity index (χ3v) is 3.13. The quantitative estimate of drug-likeness (QED) is 0.488. The number of carbonyl (C=O) groups is 1. The van der Waals surface area contributed by atoms with Crippen LogP contribution in [0, 0.1) is 10.1 Å². The minimum Gasteiger partial charge on any atom is -0.390 e. The molecule has 0 saturated carbocycles. The van der Waals surface area contributed by atoms with Gasteiger partial charge in [0.1, 0.15) is 6.54 Å². The summed E-state index contributed by atoms with van der Waals surface area (Å²) < 4.78 is 2.01. The predicted octanol–water partition coefficient (Wildman–Crippen LogP) is 1.49. The Morgan fingerprint density at radius 3 is 2.73 bits per heavy atom. The zero-order chi connectivity index (χ0) is 16.1. The Balaban J connectivity index is 1.95. The van der Waals surface area contributed by atoms with E-state index < -0.39 is 16.8 Å². The van der Waals surface area contributed by atoms with E-state index in [0.717, 1.165) is 21.0 Å². The lowest BCUT2D eigenvalue weighted by Gasteiger charge is -2.02. The third kappa shape index (κ3) is 4.19. The fraction of sp³-hybridized carbons (Fsp3) is 0.167. The van der Waals surface area contributed by atoms with E-state index in [1.54, 1.807) is 6.92 Å². The van der Waals surface area contributed by atoms with E-state index in [0.29, 0.717) is 5.71 Å². The van der Waals surface area contributed by atoms with Gasteiger partial charge in [-0.15, -0.1) is 0 Å². The monoisotopic (exact) mass is 366 g/mol. The number of aromatic nitrogens is 3. The standard InChI is InChI=1S/C12H11BrN6O3/c1-8(9-2-4-10(13)5-3-9)15-16-11(20)6-18-7-14-12(17-18)19(21)22/h2-5,7H,6H2,1H3,(H,16,20)/b15-8-. The molecule has 1 aromatic heterocycles. The molecule has 0 atom stereocenters. The lowest BCUT2D eigenvalue weighted by atomic mass is 10.1. The molecule has 2 rings (SSSR count). The summed E-state index contributed by atoms with van der Waals surface area (Å²) in [6, 6.07) is 7.45. The van der Waals surface area contributed by atoms with E-state index in [1.165, 1.54) is 0 Å². The fourth-order valence-electron chi connectivity index (χ4n) is 1.53. The van der Waals surface area contributed by atoms with Crippen LogP contribution in [0.5, 0.6) is 0 Å². The molecular weight excluding hydrogens is 356 g/mol. The average molecular weight is 367 g/mol. The van der Waals surface area contributed by atoms with Gasteiger partial charge in [-0.3, -0.25) is 4.79 Å². The molecule has 0 aliphatic heterocycles. The summed E-state index contributed by atoms with van der Waals surface area (Å²) in [6.07, 6.45) is 1.11. The fourth-order valence-corrected chi connectivity index (χ4v) is 1.79. The molecule has 2 aromatic rings. The summed E-state index contributed by atoms with van der Waals surface area (Å²) in [6.45, 7) is 1.54. The van der Waals surface area contributed by atoms with Crippen molar-refractivity contribution in [2.75, 3.05) is 0 Å². The number of benzene rings is 1. The number of nitrogens with zero attached hydrogens (tertiary/aromatic N) is 5. The molecule has 0 spiro atoms. The van der Waals surface area contributed by atoms with Crippen LogP contribution in [0.4, 0.5) is 5.95 Å². The Bertz CT molecular complexity index is 725. The topological polar surface area (TPSA) is 115 Å². The Morgan fingerprint density at radius 2 is 2.14 bits per heavy atom. The maximum atomic E-state index is 11.7. The van der Waals surface area contributed by atoms with Gasteiger partial charge in [0.15, 0.2) is 0 Å². The normalized spacial score (nSPS) is 11.3. The van der Waals surface area contributed by atoms with Crippen LogP contribution in [-0.2, 0) is 11.3 Å². The summed E-state index contributed by atoms with van der Waals surface area (Å²) in [5.74, 6) is -1.02. The molecule has 0 aliphatic carbocycles. The van der Waals surface area contributed by atoms with Crippen molar-refractivity contribution in [3.05, 3.63) is 50.7 Å². The minimum atomic E-state index is -0.732. The van der Waals surface area contributed by atoms with Crippen LogP contribution in [0.2, 0.25) is 0 Å². The van der Waals surface area contributed by atoms with Crippen molar-refractivity contribution in [3.8, 4) is 0 Å². The highest BCUT2D eigenvalue weighted by Crippen LogP contribution is 2.11. The van der Waals surface area contributed by atoms with Crippen LogP contribution in [0.1, 0.15) is 12.5 Å². The second kappa shape index (κ2) is 6.89. The van der Waals surface area contributed by atoms with Crippen LogP contribution in [-0.4, -0.2) is 31.3 Å². The number of halogens is 1. The molecule has 1 heterocycles. The zero-order valence-corrected chi connectivity index (χ0v) is 13.0. The van der Waals surface area contributed by atoms with Crippen molar-refractivity contribution >= 4 is 33.5 Å². The highest BCUT2D eigenvalue weighted by molar-refractivity contribution is 9.10. The van der Waals surface area contributed by atoms with Crippen molar-refractivity contribution in [1.29, 1.82) is 0 Å². The molecule has 0 aliphatic rings. The van der Waals surface area contributed by atoms with E-state index in [2.05, 4.69) is 36.5 Å². The Labute approximate surface area is 133 Å². The number of nitrogens with one attached hydrogen (secondary N) is 1. The molecule has 0 radical (unpaired) electrons. The lowest BCUT2D eigenvalue weighted by molar-refractivity contribution is -0.394. The van der Waals surface area contributed by atoms with Gasteiger partial charge in [-0.2, -0.15) is 9.78 Å². The van der Waals surface area contributed by atoms with Gasteiger partial charge in [0, 0.05) is 9.57 Å². The number of hydrogen-bond acceptors (Lipinski definition) is 6. The summed E-state index contributed by atoms with van der Waals surface area (Å²) in [5.41, 5.74) is 3.85. The zero-order valence-electron chi connectivity index (χ0n) is 11.4. The second-order valence-corrected chi connectivity index (χ2v) is 5.15. The third-order valence-electron chi connectivity index (χ3n) is 2.60. The van der Waals surface area contributed by atoms with Gasteiger partial charge >= 0.3 is 5.95 Å². The lowest BCUT2D eigenvalue weighted by Crippen LogP contribution is -2.24. The van der Waals surface area contributed by atoms with Crippen molar-refractivity contribution in [3.63, 3.8) is 0 Å². The van der Waals surface area contributed by atoms with Crippen LogP contribution >= 0.6 is 15.9 Å². The molecule has 1 aromatic carbocycles. The van der Waals surface area contributed by atoms with Crippen molar-refractivity contribution in [2.24, 2.45) is 5.10 Å². The van der Waals surface area contributed by atoms with Gasteiger partial charge in [0.2, 0.25) is 6.33 Å². The number of rotatable bonds is 5. The molecule has 0 fully saturated rings. The summed E-state index contributed by atoms with van der Waals surface area (Å²) in [4.78, 5) is 24.9. The van der Waals surface area contributed by atoms with Crippen molar-refractivity contribution in [2.45, 2.75) is 13.5 Å². The van der Waals surface area contributed by atoms with Crippen LogP contribution in [0.15, 0.2) is 40.2 Å². The Hall–Kier alpha value is -2.62. The minimum absolute atomic E-state index is 0.210. The molecule has 10 heteroatoms. The van der Waals surface area contributed by atoms with Gasteiger partial charge in [-0.1, -0.05) is 33.0 Å². The van der Waals surface area contributed by atoms with E-state index in [-0.39, 0.29) is 6.54 Å². The van der Waals surface area contributed by atoms with E-state index in [9.17, 15) is 14.9 Å². The molecule has 0 saturated heterocycles. The average Bonchev–Trinajstić information content (AvgIpc) is 2.94.